The molecule has 0 spiro atoms. The van der Waals surface area contributed by atoms with E-state index < -0.39 is 0 Å². The number of nitrogens with one attached hydrogen (secondary N) is 1. The van der Waals surface area contributed by atoms with Crippen molar-refractivity contribution in [3.8, 4) is 0 Å². The maximum atomic E-state index is 12.9. The van der Waals surface area contributed by atoms with Crippen molar-refractivity contribution < 1.29 is 4.79 Å². The summed E-state index contributed by atoms with van der Waals surface area (Å²) in [6.07, 6.45) is 3.48. The SMILES string of the molecule is Cc1ccc(Nc2ccnc(C(=O)N3CCN(c4ccccn4)CC3)c2)cc1C. The number of amides is 1. The Morgan fingerprint density at radius 2 is 1.66 bits per heavy atom. The first kappa shape index (κ1) is 18.9. The second kappa shape index (κ2) is 8.31. The molecule has 1 N–H and O–H groups in total. The fourth-order valence-electron chi connectivity index (χ4n) is 3.45. The number of rotatable bonds is 4. The molecule has 1 aliphatic rings. The third-order valence-electron chi connectivity index (χ3n) is 5.31. The standard InChI is InChI=1S/C23H25N5O/c1-17-6-7-19(15-18(17)2)26-20-8-10-24-21(16-20)23(29)28-13-11-27(12-14-28)22-5-3-4-9-25-22/h3-10,15-16H,11-14H2,1-2H3,(H,24,26). The molecule has 6 nitrogen and oxygen atoms in total. The van der Waals surface area contributed by atoms with Gasteiger partial charge in [-0.05, 0) is 61.4 Å². The lowest BCUT2D eigenvalue weighted by Crippen LogP contribution is -2.49. The van der Waals surface area contributed by atoms with Gasteiger partial charge in [-0.3, -0.25) is 9.78 Å². The first-order valence-electron chi connectivity index (χ1n) is 9.86. The molecule has 3 aromatic rings. The van der Waals surface area contributed by atoms with Crippen LogP contribution in [0.25, 0.3) is 0 Å². The fourth-order valence-corrected chi connectivity index (χ4v) is 3.45. The highest BCUT2D eigenvalue weighted by molar-refractivity contribution is 5.93. The lowest BCUT2D eigenvalue weighted by atomic mass is 10.1. The molecule has 0 radical (unpaired) electrons. The Balaban J connectivity index is 1.41. The third-order valence-corrected chi connectivity index (χ3v) is 5.31. The van der Waals surface area contributed by atoms with Gasteiger partial charge in [0, 0.05) is 49.9 Å². The van der Waals surface area contributed by atoms with Crippen LogP contribution >= 0.6 is 0 Å². The van der Waals surface area contributed by atoms with Crippen molar-refractivity contribution in [3.63, 3.8) is 0 Å². The van der Waals surface area contributed by atoms with Gasteiger partial charge in [0.15, 0.2) is 0 Å². The molecule has 1 amide bonds. The summed E-state index contributed by atoms with van der Waals surface area (Å²) in [6.45, 7) is 7.03. The van der Waals surface area contributed by atoms with Gasteiger partial charge in [-0.15, -0.1) is 0 Å². The van der Waals surface area contributed by atoms with Gasteiger partial charge in [0.05, 0.1) is 0 Å². The number of hydrogen-bond acceptors (Lipinski definition) is 5. The van der Waals surface area contributed by atoms with Crippen LogP contribution in [0.3, 0.4) is 0 Å². The number of piperazine rings is 1. The first-order valence-corrected chi connectivity index (χ1v) is 9.86. The maximum Gasteiger partial charge on any atom is 0.272 e. The van der Waals surface area contributed by atoms with Crippen molar-refractivity contribution in [3.05, 3.63) is 77.7 Å². The number of pyridine rings is 2. The number of hydrogen-bond donors (Lipinski definition) is 1. The van der Waals surface area contributed by atoms with E-state index in [1.165, 1.54) is 11.1 Å². The molecule has 4 rings (SSSR count). The Morgan fingerprint density at radius 3 is 2.38 bits per heavy atom. The third kappa shape index (κ3) is 4.37. The Bertz CT molecular complexity index is 997. The molecule has 3 heterocycles. The molecule has 0 saturated carbocycles. The van der Waals surface area contributed by atoms with E-state index in [0.717, 1.165) is 30.3 Å². The van der Waals surface area contributed by atoms with E-state index in [0.29, 0.717) is 18.8 Å². The lowest BCUT2D eigenvalue weighted by Gasteiger charge is -2.35. The predicted molar refractivity (Wildman–Crippen MR) is 116 cm³/mol. The van der Waals surface area contributed by atoms with E-state index in [2.05, 4.69) is 46.2 Å². The van der Waals surface area contributed by atoms with Gasteiger partial charge in [0.2, 0.25) is 0 Å². The van der Waals surface area contributed by atoms with Crippen LogP contribution in [-0.2, 0) is 0 Å². The van der Waals surface area contributed by atoms with Crippen molar-refractivity contribution in [1.29, 1.82) is 0 Å². The quantitative estimate of drug-likeness (QED) is 0.738. The van der Waals surface area contributed by atoms with E-state index in [1.54, 1.807) is 12.4 Å². The molecular formula is C23H25N5O. The molecule has 0 bridgehead atoms. The van der Waals surface area contributed by atoms with E-state index >= 15 is 0 Å². The zero-order chi connectivity index (χ0) is 20.2. The number of nitrogens with zero attached hydrogens (tertiary/aromatic N) is 4. The van der Waals surface area contributed by atoms with Gasteiger partial charge >= 0.3 is 0 Å². The van der Waals surface area contributed by atoms with Gasteiger partial charge in [-0.1, -0.05) is 12.1 Å². The smallest absolute Gasteiger partial charge is 0.272 e. The number of anilines is 3. The molecule has 0 unspecified atom stereocenters. The molecule has 1 aliphatic heterocycles. The molecule has 6 heteroatoms. The average molecular weight is 387 g/mol. The second-order valence-electron chi connectivity index (χ2n) is 7.32. The van der Waals surface area contributed by atoms with Crippen molar-refractivity contribution in [2.24, 2.45) is 0 Å². The van der Waals surface area contributed by atoms with Gasteiger partial charge in [-0.2, -0.15) is 0 Å². The number of benzene rings is 1. The zero-order valence-corrected chi connectivity index (χ0v) is 16.8. The van der Waals surface area contributed by atoms with Crippen LogP contribution < -0.4 is 10.2 Å². The van der Waals surface area contributed by atoms with Crippen molar-refractivity contribution in [2.45, 2.75) is 13.8 Å². The minimum absolute atomic E-state index is 0.0330. The van der Waals surface area contributed by atoms with Crippen LogP contribution in [0.4, 0.5) is 17.2 Å². The van der Waals surface area contributed by atoms with Gasteiger partial charge in [0.1, 0.15) is 11.5 Å². The Labute approximate surface area is 171 Å². The van der Waals surface area contributed by atoms with Crippen LogP contribution in [-0.4, -0.2) is 47.0 Å². The highest BCUT2D eigenvalue weighted by atomic mass is 16.2. The summed E-state index contributed by atoms with van der Waals surface area (Å²) >= 11 is 0. The second-order valence-corrected chi connectivity index (χ2v) is 7.32. The fraction of sp³-hybridized carbons (Fsp3) is 0.261. The summed E-state index contributed by atoms with van der Waals surface area (Å²) < 4.78 is 0. The largest absolute Gasteiger partial charge is 0.355 e. The van der Waals surface area contributed by atoms with Crippen LogP contribution in [0.5, 0.6) is 0 Å². The molecule has 1 aromatic carbocycles. The number of carbonyl (C=O) groups is 1. The van der Waals surface area contributed by atoms with Crippen LogP contribution in [0, 0.1) is 13.8 Å². The monoisotopic (exact) mass is 387 g/mol. The highest BCUT2D eigenvalue weighted by Gasteiger charge is 2.23. The van der Waals surface area contributed by atoms with Crippen LogP contribution in [0.2, 0.25) is 0 Å². The van der Waals surface area contributed by atoms with Crippen molar-refractivity contribution >= 4 is 23.1 Å². The maximum absolute atomic E-state index is 12.9. The summed E-state index contributed by atoms with van der Waals surface area (Å²) in [6, 6.07) is 15.8. The van der Waals surface area contributed by atoms with E-state index in [-0.39, 0.29) is 5.91 Å². The Hall–Kier alpha value is -3.41. The number of aromatic nitrogens is 2. The summed E-state index contributed by atoms with van der Waals surface area (Å²) in [5.41, 5.74) is 4.81. The first-order chi connectivity index (χ1) is 14.1. The van der Waals surface area contributed by atoms with Gasteiger partial charge < -0.3 is 15.1 Å². The summed E-state index contributed by atoms with van der Waals surface area (Å²) in [5, 5.41) is 3.37. The number of carbonyl (C=O) groups excluding carboxylic acids is 1. The van der Waals surface area contributed by atoms with E-state index in [9.17, 15) is 4.79 Å². The Kier molecular flexibility index (Phi) is 5.42. The molecule has 2 aromatic heterocycles. The summed E-state index contributed by atoms with van der Waals surface area (Å²) in [5.74, 6) is 0.923. The van der Waals surface area contributed by atoms with Crippen LogP contribution in [0.1, 0.15) is 21.6 Å². The van der Waals surface area contributed by atoms with Crippen molar-refractivity contribution in [2.75, 3.05) is 36.4 Å². The van der Waals surface area contributed by atoms with E-state index in [1.807, 2.05) is 41.3 Å². The molecule has 1 saturated heterocycles. The molecule has 148 valence electrons. The normalized spacial score (nSPS) is 14.0. The molecule has 1 fully saturated rings. The zero-order valence-electron chi connectivity index (χ0n) is 16.8. The highest BCUT2D eigenvalue weighted by Crippen LogP contribution is 2.21. The molecular weight excluding hydrogens is 362 g/mol. The summed E-state index contributed by atoms with van der Waals surface area (Å²) in [4.78, 5) is 25.7. The van der Waals surface area contributed by atoms with Gasteiger partial charge in [-0.25, -0.2) is 4.98 Å². The topological polar surface area (TPSA) is 61.4 Å². The molecule has 29 heavy (non-hydrogen) atoms. The molecule has 0 atom stereocenters. The van der Waals surface area contributed by atoms with E-state index in [4.69, 9.17) is 0 Å². The van der Waals surface area contributed by atoms with Gasteiger partial charge in [0.25, 0.3) is 5.91 Å². The predicted octanol–water partition coefficient (Wildman–Crippen LogP) is 3.80. The minimum atomic E-state index is -0.0330. The summed E-state index contributed by atoms with van der Waals surface area (Å²) in [7, 11) is 0. The van der Waals surface area contributed by atoms with Crippen molar-refractivity contribution in [1.82, 2.24) is 14.9 Å². The minimum Gasteiger partial charge on any atom is -0.355 e. The average Bonchev–Trinajstić information content (AvgIpc) is 2.77. The van der Waals surface area contributed by atoms with Crippen LogP contribution in [0.15, 0.2) is 60.9 Å². The Morgan fingerprint density at radius 1 is 0.862 bits per heavy atom. The number of aryl methyl sites for hydroxylation is 2. The lowest BCUT2D eigenvalue weighted by molar-refractivity contribution is 0.0740. The molecule has 0 aliphatic carbocycles.